The van der Waals surface area contributed by atoms with E-state index < -0.39 is 5.97 Å². The number of urea groups is 1. The molecule has 26 heavy (non-hydrogen) atoms. The van der Waals surface area contributed by atoms with Crippen molar-refractivity contribution in [1.82, 2.24) is 10.2 Å². The van der Waals surface area contributed by atoms with Gasteiger partial charge in [-0.1, -0.05) is 11.6 Å². The quantitative estimate of drug-likeness (QED) is 0.822. The van der Waals surface area contributed by atoms with Gasteiger partial charge in [0.25, 0.3) is 5.91 Å². The molecule has 0 saturated carbocycles. The fraction of sp³-hybridized carbons (Fsp3) is 0.500. The standard InChI is InChI=1S/C18H22ClN3O4/c19-14-5-4-13(10-15(14)22-9-7-20-18(22)26)17(25)21-8-1-2-12(11-21)3-6-16(23)24/h4-5,10,12H,1-3,6-9,11H2,(H,20,26)(H,23,24). The zero-order chi connectivity index (χ0) is 18.7. The summed E-state index contributed by atoms with van der Waals surface area (Å²) in [5.41, 5.74) is 1.02. The number of nitrogens with one attached hydrogen (secondary N) is 1. The number of hydrogen-bond donors (Lipinski definition) is 2. The number of amides is 3. The van der Waals surface area contributed by atoms with Crippen molar-refractivity contribution in [2.45, 2.75) is 25.7 Å². The summed E-state index contributed by atoms with van der Waals surface area (Å²) in [4.78, 5) is 38.9. The Bertz CT molecular complexity index is 724. The third-order valence-electron chi connectivity index (χ3n) is 4.91. The van der Waals surface area contributed by atoms with Crippen LogP contribution >= 0.6 is 11.6 Å². The minimum atomic E-state index is -0.806. The normalized spacial score (nSPS) is 20.2. The molecule has 1 aromatic carbocycles. The second-order valence-electron chi connectivity index (χ2n) is 6.74. The Morgan fingerprint density at radius 1 is 1.31 bits per heavy atom. The summed E-state index contributed by atoms with van der Waals surface area (Å²) < 4.78 is 0. The number of anilines is 1. The van der Waals surface area contributed by atoms with Crippen molar-refractivity contribution < 1.29 is 19.5 Å². The van der Waals surface area contributed by atoms with Crippen LogP contribution in [0.4, 0.5) is 10.5 Å². The van der Waals surface area contributed by atoms with Gasteiger partial charge in [0.15, 0.2) is 0 Å². The van der Waals surface area contributed by atoms with Crippen LogP contribution in [0.3, 0.4) is 0 Å². The molecule has 7 nitrogen and oxygen atoms in total. The van der Waals surface area contributed by atoms with Crippen LogP contribution in [0.1, 0.15) is 36.0 Å². The first-order chi connectivity index (χ1) is 12.5. The number of carboxylic acids is 1. The molecule has 0 aromatic heterocycles. The Labute approximate surface area is 156 Å². The first-order valence-corrected chi connectivity index (χ1v) is 9.19. The molecule has 0 bridgehead atoms. The van der Waals surface area contributed by atoms with Crippen LogP contribution in [0.5, 0.6) is 0 Å². The predicted octanol–water partition coefficient (Wildman–Crippen LogP) is 2.59. The Morgan fingerprint density at radius 3 is 2.81 bits per heavy atom. The summed E-state index contributed by atoms with van der Waals surface area (Å²) >= 11 is 6.22. The molecule has 0 spiro atoms. The number of hydrogen-bond acceptors (Lipinski definition) is 3. The van der Waals surface area contributed by atoms with Gasteiger partial charge >= 0.3 is 12.0 Å². The summed E-state index contributed by atoms with van der Waals surface area (Å²) in [6, 6.07) is 4.75. The summed E-state index contributed by atoms with van der Waals surface area (Å²) in [6.45, 7) is 2.28. The molecule has 2 aliphatic rings. The van der Waals surface area contributed by atoms with E-state index in [4.69, 9.17) is 16.7 Å². The van der Waals surface area contributed by atoms with Gasteiger partial charge in [0.2, 0.25) is 0 Å². The fourth-order valence-electron chi connectivity index (χ4n) is 3.55. The van der Waals surface area contributed by atoms with E-state index >= 15 is 0 Å². The molecule has 2 saturated heterocycles. The van der Waals surface area contributed by atoms with Crippen molar-refractivity contribution in [1.29, 1.82) is 0 Å². The molecule has 8 heteroatoms. The molecule has 3 amide bonds. The lowest BCUT2D eigenvalue weighted by Crippen LogP contribution is -2.40. The summed E-state index contributed by atoms with van der Waals surface area (Å²) in [6.07, 6.45) is 2.52. The van der Waals surface area contributed by atoms with E-state index in [0.29, 0.717) is 48.9 Å². The SMILES string of the molecule is O=C(O)CCC1CCCN(C(=O)c2ccc(Cl)c(N3CCNC3=O)c2)C1. The molecule has 2 heterocycles. The zero-order valence-electron chi connectivity index (χ0n) is 14.4. The molecule has 2 fully saturated rings. The molecular weight excluding hydrogens is 358 g/mol. The van der Waals surface area contributed by atoms with Crippen molar-refractivity contribution >= 4 is 35.2 Å². The topological polar surface area (TPSA) is 89.9 Å². The number of halogens is 1. The largest absolute Gasteiger partial charge is 0.481 e. The predicted molar refractivity (Wildman–Crippen MR) is 97.7 cm³/mol. The van der Waals surface area contributed by atoms with Gasteiger partial charge in [-0.3, -0.25) is 14.5 Å². The lowest BCUT2D eigenvalue weighted by Gasteiger charge is -2.33. The number of aliphatic carboxylic acids is 1. The molecule has 3 rings (SSSR count). The van der Waals surface area contributed by atoms with Crippen molar-refractivity contribution in [3.05, 3.63) is 28.8 Å². The first-order valence-electron chi connectivity index (χ1n) is 8.81. The Balaban J connectivity index is 1.73. The van der Waals surface area contributed by atoms with Crippen LogP contribution in [-0.4, -0.2) is 54.1 Å². The fourth-order valence-corrected chi connectivity index (χ4v) is 3.77. The number of nitrogens with zero attached hydrogens (tertiary/aromatic N) is 2. The van der Waals surface area contributed by atoms with Gasteiger partial charge in [-0.05, 0) is 43.4 Å². The van der Waals surface area contributed by atoms with Crippen molar-refractivity contribution in [2.75, 3.05) is 31.1 Å². The van der Waals surface area contributed by atoms with Crippen molar-refractivity contribution in [3.63, 3.8) is 0 Å². The van der Waals surface area contributed by atoms with Gasteiger partial charge < -0.3 is 15.3 Å². The number of carbonyl (C=O) groups is 3. The summed E-state index contributed by atoms with van der Waals surface area (Å²) in [5, 5.41) is 12.0. The van der Waals surface area contributed by atoms with Crippen molar-refractivity contribution in [2.24, 2.45) is 5.92 Å². The average molecular weight is 380 g/mol. The van der Waals surface area contributed by atoms with E-state index in [1.54, 1.807) is 23.1 Å². The van der Waals surface area contributed by atoms with Gasteiger partial charge in [-0.15, -0.1) is 0 Å². The van der Waals surface area contributed by atoms with Crippen LogP contribution in [0.2, 0.25) is 5.02 Å². The average Bonchev–Trinajstić information content (AvgIpc) is 3.06. The van der Waals surface area contributed by atoms with E-state index in [2.05, 4.69) is 5.32 Å². The number of benzene rings is 1. The second kappa shape index (κ2) is 7.95. The maximum Gasteiger partial charge on any atom is 0.322 e. The Morgan fingerprint density at radius 2 is 2.12 bits per heavy atom. The van der Waals surface area contributed by atoms with Gasteiger partial charge in [0, 0.05) is 38.2 Å². The smallest absolute Gasteiger partial charge is 0.322 e. The number of carboxylic acid groups (broad SMARTS) is 1. The van der Waals surface area contributed by atoms with Crippen LogP contribution in [-0.2, 0) is 4.79 Å². The first kappa shape index (κ1) is 18.5. The monoisotopic (exact) mass is 379 g/mol. The molecular formula is C18H22ClN3O4. The molecule has 140 valence electrons. The van der Waals surface area contributed by atoms with E-state index in [0.717, 1.165) is 12.8 Å². The van der Waals surface area contributed by atoms with Gasteiger partial charge in [-0.25, -0.2) is 4.79 Å². The molecule has 1 unspecified atom stereocenters. The third-order valence-corrected chi connectivity index (χ3v) is 5.23. The number of carbonyl (C=O) groups excluding carboxylic acids is 2. The van der Waals surface area contributed by atoms with Crippen molar-refractivity contribution in [3.8, 4) is 0 Å². The maximum atomic E-state index is 12.9. The highest BCUT2D eigenvalue weighted by Crippen LogP contribution is 2.29. The number of likely N-dealkylation sites (tertiary alicyclic amines) is 1. The van der Waals surface area contributed by atoms with Crippen LogP contribution < -0.4 is 10.2 Å². The number of piperidine rings is 1. The third kappa shape index (κ3) is 4.09. The van der Waals surface area contributed by atoms with Gasteiger partial charge in [0.1, 0.15) is 0 Å². The molecule has 1 atom stereocenters. The van der Waals surface area contributed by atoms with E-state index in [9.17, 15) is 14.4 Å². The molecule has 2 N–H and O–H groups in total. The van der Waals surface area contributed by atoms with Crippen LogP contribution in [0, 0.1) is 5.92 Å². The second-order valence-corrected chi connectivity index (χ2v) is 7.15. The minimum Gasteiger partial charge on any atom is -0.481 e. The minimum absolute atomic E-state index is 0.109. The van der Waals surface area contributed by atoms with E-state index in [1.807, 2.05) is 0 Å². The number of rotatable bonds is 5. The molecule has 0 radical (unpaired) electrons. The van der Waals surface area contributed by atoms with Crippen LogP contribution in [0.25, 0.3) is 0 Å². The molecule has 0 aliphatic carbocycles. The summed E-state index contributed by atoms with van der Waals surface area (Å²) in [7, 11) is 0. The lowest BCUT2D eigenvalue weighted by molar-refractivity contribution is -0.137. The van der Waals surface area contributed by atoms with E-state index in [1.165, 1.54) is 4.90 Å². The van der Waals surface area contributed by atoms with Gasteiger partial charge in [0.05, 0.1) is 10.7 Å². The Kier molecular flexibility index (Phi) is 5.66. The lowest BCUT2D eigenvalue weighted by atomic mass is 9.93. The maximum absolute atomic E-state index is 12.9. The highest BCUT2D eigenvalue weighted by atomic mass is 35.5. The highest BCUT2D eigenvalue weighted by molar-refractivity contribution is 6.34. The summed E-state index contributed by atoms with van der Waals surface area (Å²) in [5.74, 6) is -0.706. The van der Waals surface area contributed by atoms with Gasteiger partial charge in [-0.2, -0.15) is 0 Å². The van der Waals surface area contributed by atoms with E-state index in [-0.39, 0.29) is 24.3 Å². The molecule has 2 aliphatic heterocycles. The zero-order valence-corrected chi connectivity index (χ0v) is 15.2. The van der Waals surface area contributed by atoms with Crippen LogP contribution in [0.15, 0.2) is 18.2 Å². The highest BCUT2D eigenvalue weighted by Gasteiger charge is 2.27. The molecule has 1 aromatic rings. The Hall–Kier alpha value is -2.28.